The molecule has 2 rings (SSSR count). The Hall–Kier alpha value is -1.37. The first-order chi connectivity index (χ1) is 9.14. The van der Waals surface area contributed by atoms with E-state index in [1.807, 2.05) is 0 Å². The molecule has 1 aliphatic rings. The molecular weight excluding hydrogens is 330 g/mol. The van der Waals surface area contributed by atoms with Crippen molar-refractivity contribution in [2.24, 2.45) is 0 Å². The Morgan fingerprint density at radius 3 is 2.40 bits per heavy atom. The lowest BCUT2D eigenvalue weighted by atomic mass is 10.1. The molecule has 1 saturated carbocycles. The molecule has 7 heteroatoms. The summed E-state index contributed by atoms with van der Waals surface area (Å²) in [6.45, 7) is 6.67. The van der Waals surface area contributed by atoms with Gasteiger partial charge in [0.05, 0.1) is 0 Å². The zero-order valence-corrected chi connectivity index (χ0v) is 13.4. The van der Waals surface area contributed by atoms with Crippen LogP contribution in [0.15, 0.2) is 9.09 Å². The van der Waals surface area contributed by atoms with E-state index in [4.69, 9.17) is 13.9 Å². The van der Waals surface area contributed by atoms with Crippen LogP contribution in [-0.4, -0.2) is 22.5 Å². The summed E-state index contributed by atoms with van der Waals surface area (Å²) in [5.74, 6) is -0.627. The normalized spacial score (nSPS) is 16.6. The van der Waals surface area contributed by atoms with Crippen LogP contribution in [0.1, 0.15) is 46.4 Å². The molecule has 1 aliphatic carbocycles. The predicted molar refractivity (Wildman–Crippen MR) is 72.3 cm³/mol. The average molecular weight is 346 g/mol. The number of carbonyl (C=O) groups is 2. The van der Waals surface area contributed by atoms with Crippen molar-refractivity contribution < 1.29 is 23.5 Å². The van der Waals surface area contributed by atoms with E-state index in [0.717, 1.165) is 0 Å². The first kappa shape index (κ1) is 15.0. The summed E-state index contributed by atoms with van der Waals surface area (Å²) in [4.78, 5) is 27.3. The Labute approximate surface area is 125 Å². The van der Waals surface area contributed by atoms with Gasteiger partial charge in [-0.2, -0.15) is 4.98 Å². The standard InChI is InChI=1S/C13H16BrNO5/c1-7(16)18-9-8(14)19-10(15-9)13(5-6-13)11(17)20-12(2,3)4/h5-6H2,1-4H3. The fraction of sp³-hybridized carbons (Fsp3) is 0.615. The number of aromatic nitrogens is 1. The van der Waals surface area contributed by atoms with E-state index >= 15 is 0 Å². The average Bonchev–Trinajstić information content (AvgIpc) is 2.98. The number of rotatable bonds is 3. The van der Waals surface area contributed by atoms with Gasteiger partial charge in [-0.3, -0.25) is 9.59 Å². The van der Waals surface area contributed by atoms with Gasteiger partial charge in [-0.25, -0.2) is 0 Å². The van der Waals surface area contributed by atoms with Crippen LogP contribution >= 0.6 is 15.9 Å². The van der Waals surface area contributed by atoms with Gasteiger partial charge in [0.25, 0.3) is 5.88 Å². The summed E-state index contributed by atoms with van der Waals surface area (Å²) in [7, 11) is 0. The second-order valence-electron chi connectivity index (χ2n) is 5.78. The number of hydrogen-bond donors (Lipinski definition) is 0. The molecule has 0 bridgehead atoms. The smallest absolute Gasteiger partial charge is 0.322 e. The fourth-order valence-corrected chi connectivity index (χ4v) is 2.02. The lowest BCUT2D eigenvalue weighted by Gasteiger charge is -2.22. The van der Waals surface area contributed by atoms with Crippen molar-refractivity contribution in [1.29, 1.82) is 0 Å². The van der Waals surface area contributed by atoms with Gasteiger partial charge in [-0.1, -0.05) is 0 Å². The molecule has 0 atom stereocenters. The number of carbonyl (C=O) groups excluding carboxylic acids is 2. The van der Waals surface area contributed by atoms with Gasteiger partial charge in [0.2, 0.25) is 10.6 Å². The minimum atomic E-state index is -0.853. The van der Waals surface area contributed by atoms with E-state index in [-0.39, 0.29) is 22.4 Å². The van der Waals surface area contributed by atoms with Gasteiger partial charge >= 0.3 is 11.9 Å². The number of hydrogen-bond acceptors (Lipinski definition) is 6. The highest BCUT2D eigenvalue weighted by Gasteiger charge is 2.58. The van der Waals surface area contributed by atoms with Crippen LogP contribution in [0.4, 0.5) is 0 Å². The second kappa shape index (κ2) is 4.87. The number of nitrogens with zero attached hydrogens (tertiary/aromatic N) is 1. The molecule has 0 aliphatic heterocycles. The van der Waals surface area contributed by atoms with Crippen LogP contribution < -0.4 is 4.74 Å². The van der Waals surface area contributed by atoms with Crippen LogP contribution in [0.5, 0.6) is 5.88 Å². The van der Waals surface area contributed by atoms with Crippen molar-refractivity contribution in [3.8, 4) is 5.88 Å². The quantitative estimate of drug-likeness (QED) is 0.783. The molecule has 20 heavy (non-hydrogen) atoms. The van der Waals surface area contributed by atoms with Crippen LogP contribution in [0, 0.1) is 0 Å². The highest BCUT2D eigenvalue weighted by atomic mass is 79.9. The van der Waals surface area contributed by atoms with E-state index in [1.54, 1.807) is 20.8 Å². The van der Waals surface area contributed by atoms with Crippen molar-refractivity contribution in [2.75, 3.05) is 0 Å². The fourth-order valence-electron chi connectivity index (χ4n) is 1.70. The number of halogens is 1. The molecule has 110 valence electrons. The van der Waals surface area contributed by atoms with E-state index in [2.05, 4.69) is 20.9 Å². The van der Waals surface area contributed by atoms with Gasteiger partial charge in [-0.15, -0.1) is 0 Å². The van der Waals surface area contributed by atoms with E-state index in [9.17, 15) is 9.59 Å². The van der Waals surface area contributed by atoms with Gasteiger partial charge in [0.15, 0.2) is 0 Å². The van der Waals surface area contributed by atoms with E-state index in [1.165, 1.54) is 6.92 Å². The van der Waals surface area contributed by atoms with Crippen LogP contribution in [0.3, 0.4) is 0 Å². The van der Waals surface area contributed by atoms with Gasteiger partial charge in [0.1, 0.15) is 11.0 Å². The Morgan fingerprint density at radius 1 is 1.35 bits per heavy atom. The summed E-state index contributed by atoms with van der Waals surface area (Å²) < 4.78 is 15.9. The van der Waals surface area contributed by atoms with Gasteiger partial charge in [0, 0.05) is 6.92 Å². The Morgan fingerprint density at radius 2 is 1.95 bits per heavy atom. The molecule has 1 aromatic heterocycles. The molecule has 0 N–H and O–H groups in total. The maximum absolute atomic E-state index is 12.2. The third kappa shape index (κ3) is 3.03. The lowest BCUT2D eigenvalue weighted by Crippen LogP contribution is -2.32. The van der Waals surface area contributed by atoms with Crippen molar-refractivity contribution >= 4 is 27.9 Å². The topological polar surface area (TPSA) is 78.6 Å². The second-order valence-corrected chi connectivity index (χ2v) is 6.50. The maximum atomic E-state index is 12.2. The molecule has 0 unspecified atom stereocenters. The van der Waals surface area contributed by atoms with Crippen molar-refractivity contribution in [1.82, 2.24) is 4.98 Å². The molecular formula is C13H16BrNO5. The summed E-state index contributed by atoms with van der Waals surface area (Å²) in [6, 6.07) is 0. The monoisotopic (exact) mass is 345 g/mol. The van der Waals surface area contributed by atoms with E-state index in [0.29, 0.717) is 12.8 Å². The molecule has 6 nitrogen and oxygen atoms in total. The number of oxazole rings is 1. The molecule has 0 saturated heterocycles. The van der Waals surface area contributed by atoms with Crippen molar-refractivity contribution in [3.63, 3.8) is 0 Å². The maximum Gasteiger partial charge on any atom is 0.322 e. The number of esters is 2. The Balaban J connectivity index is 2.23. The molecule has 0 spiro atoms. The minimum absolute atomic E-state index is 0.0299. The Bertz CT molecular complexity index is 554. The minimum Gasteiger partial charge on any atom is -0.459 e. The van der Waals surface area contributed by atoms with Gasteiger partial charge < -0.3 is 13.9 Å². The largest absolute Gasteiger partial charge is 0.459 e. The van der Waals surface area contributed by atoms with Crippen LogP contribution in [0.25, 0.3) is 0 Å². The van der Waals surface area contributed by atoms with Crippen LogP contribution in [0.2, 0.25) is 0 Å². The Kier molecular flexibility index (Phi) is 3.66. The summed E-state index contributed by atoms with van der Waals surface area (Å²) in [5.41, 5.74) is -1.43. The molecule has 1 fully saturated rings. The van der Waals surface area contributed by atoms with Crippen LogP contribution in [-0.2, 0) is 19.7 Å². The van der Waals surface area contributed by atoms with Crippen molar-refractivity contribution in [2.45, 2.75) is 51.6 Å². The molecule has 0 amide bonds. The zero-order chi connectivity index (χ0) is 15.1. The summed E-state index contributed by atoms with van der Waals surface area (Å²) in [5, 5.41) is 0. The highest BCUT2D eigenvalue weighted by molar-refractivity contribution is 9.10. The lowest BCUT2D eigenvalue weighted by molar-refractivity contribution is -0.158. The molecule has 1 heterocycles. The molecule has 0 radical (unpaired) electrons. The predicted octanol–water partition coefficient (Wildman–Crippen LogP) is 2.74. The SMILES string of the molecule is CC(=O)Oc1nc(C2(C(=O)OC(C)(C)C)CC2)oc1Br. The summed E-state index contributed by atoms with van der Waals surface area (Å²) >= 11 is 3.12. The first-order valence-electron chi connectivity index (χ1n) is 6.23. The highest BCUT2D eigenvalue weighted by Crippen LogP contribution is 2.51. The first-order valence-corrected chi connectivity index (χ1v) is 7.02. The van der Waals surface area contributed by atoms with Gasteiger partial charge in [-0.05, 0) is 49.5 Å². The third-order valence-corrected chi connectivity index (χ3v) is 3.25. The third-order valence-electron chi connectivity index (χ3n) is 2.75. The molecule has 0 aromatic carbocycles. The van der Waals surface area contributed by atoms with E-state index < -0.39 is 17.0 Å². The number of ether oxygens (including phenoxy) is 2. The van der Waals surface area contributed by atoms with Crippen molar-refractivity contribution in [3.05, 3.63) is 10.6 Å². The molecule has 1 aromatic rings. The zero-order valence-electron chi connectivity index (χ0n) is 11.8. The summed E-state index contributed by atoms with van der Waals surface area (Å²) in [6.07, 6.45) is 1.21.